The molecule has 0 spiro atoms. The van der Waals surface area contributed by atoms with Crippen LogP contribution in [0, 0.1) is 5.92 Å². The van der Waals surface area contributed by atoms with Crippen LogP contribution >= 0.6 is 0 Å². The molecule has 2 heterocycles. The van der Waals surface area contributed by atoms with Gasteiger partial charge in [0, 0.05) is 25.0 Å². The highest BCUT2D eigenvalue weighted by atomic mass is 32.2. The van der Waals surface area contributed by atoms with Crippen LogP contribution in [0.25, 0.3) is 0 Å². The minimum atomic E-state index is -3.61. The van der Waals surface area contributed by atoms with E-state index >= 15 is 0 Å². The minimum absolute atomic E-state index is 0.0177. The number of carbonyl (C=O) groups is 1. The van der Waals surface area contributed by atoms with E-state index in [2.05, 4.69) is 17.2 Å². The van der Waals surface area contributed by atoms with E-state index in [0.717, 1.165) is 18.6 Å². The Morgan fingerprint density at radius 3 is 2.57 bits per heavy atom. The third-order valence-electron chi connectivity index (χ3n) is 4.73. The van der Waals surface area contributed by atoms with Crippen LogP contribution in [-0.4, -0.2) is 47.9 Å². The summed E-state index contributed by atoms with van der Waals surface area (Å²) in [6, 6.07) is 7.06. The molecule has 0 unspecified atom stereocenters. The van der Waals surface area contributed by atoms with Gasteiger partial charge in [0.1, 0.15) is 12.3 Å². The van der Waals surface area contributed by atoms with E-state index in [4.69, 9.17) is 4.74 Å². The van der Waals surface area contributed by atoms with Crippen LogP contribution in [0.5, 0.6) is 5.75 Å². The van der Waals surface area contributed by atoms with Crippen molar-refractivity contribution in [1.29, 1.82) is 0 Å². The number of rotatable bonds is 7. The quantitative estimate of drug-likeness (QED) is 0.762. The van der Waals surface area contributed by atoms with Crippen molar-refractivity contribution in [2.75, 3.05) is 25.0 Å². The molecule has 1 aliphatic rings. The van der Waals surface area contributed by atoms with Crippen molar-refractivity contribution in [3.8, 4) is 5.75 Å². The molecule has 9 heteroatoms. The number of imidazole rings is 1. The normalized spacial score (nSPS) is 16.1. The smallest absolute Gasteiger partial charge is 0.262 e. The second-order valence-corrected chi connectivity index (χ2v) is 8.86. The summed E-state index contributed by atoms with van der Waals surface area (Å²) in [4.78, 5) is 16.2. The first-order valence-electron chi connectivity index (χ1n) is 9.43. The van der Waals surface area contributed by atoms with Crippen LogP contribution in [-0.2, 0) is 21.4 Å². The SMILES string of the molecule is CCOc1ccc(NC(=O)Cn2cnc(S(=O)(=O)N3CCC(C)CC3)c2)cc1. The number of amides is 1. The monoisotopic (exact) mass is 406 g/mol. The molecule has 3 rings (SSSR count). The summed E-state index contributed by atoms with van der Waals surface area (Å²) in [5.74, 6) is 1.00. The van der Waals surface area contributed by atoms with Crippen molar-refractivity contribution in [2.24, 2.45) is 5.92 Å². The fraction of sp³-hybridized carbons (Fsp3) is 0.474. The van der Waals surface area contributed by atoms with E-state index in [1.165, 1.54) is 21.4 Å². The van der Waals surface area contributed by atoms with E-state index in [9.17, 15) is 13.2 Å². The molecule has 0 saturated carbocycles. The highest BCUT2D eigenvalue weighted by Crippen LogP contribution is 2.22. The number of ether oxygens (including phenoxy) is 1. The lowest BCUT2D eigenvalue weighted by Crippen LogP contribution is -2.38. The molecular formula is C19H26N4O4S. The van der Waals surface area contributed by atoms with Crippen molar-refractivity contribution >= 4 is 21.6 Å². The Morgan fingerprint density at radius 1 is 1.25 bits per heavy atom. The van der Waals surface area contributed by atoms with E-state index in [0.29, 0.717) is 31.3 Å². The van der Waals surface area contributed by atoms with Crippen LogP contribution in [0.1, 0.15) is 26.7 Å². The lowest BCUT2D eigenvalue weighted by Gasteiger charge is -2.28. The fourth-order valence-electron chi connectivity index (χ4n) is 3.08. The molecule has 1 aromatic heterocycles. The summed E-state index contributed by atoms with van der Waals surface area (Å²) in [7, 11) is -3.61. The van der Waals surface area contributed by atoms with Crippen LogP contribution < -0.4 is 10.1 Å². The molecule has 28 heavy (non-hydrogen) atoms. The summed E-state index contributed by atoms with van der Waals surface area (Å²) in [5, 5.41) is 2.76. The molecule has 0 atom stereocenters. The van der Waals surface area contributed by atoms with Gasteiger partial charge in [0.05, 0.1) is 12.9 Å². The molecule has 1 saturated heterocycles. The second kappa shape index (κ2) is 8.74. The topological polar surface area (TPSA) is 93.5 Å². The number of aromatic nitrogens is 2. The molecule has 1 N–H and O–H groups in total. The summed E-state index contributed by atoms with van der Waals surface area (Å²) < 4.78 is 33.7. The first kappa shape index (κ1) is 20.3. The predicted octanol–water partition coefficient (Wildman–Crippen LogP) is 2.34. The van der Waals surface area contributed by atoms with Crippen LogP contribution in [0.4, 0.5) is 5.69 Å². The van der Waals surface area contributed by atoms with Gasteiger partial charge < -0.3 is 14.6 Å². The maximum Gasteiger partial charge on any atom is 0.262 e. The molecule has 152 valence electrons. The molecule has 1 fully saturated rings. The van der Waals surface area contributed by atoms with Crippen molar-refractivity contribution < 1.29 is 17.9 Å². The van der Waals surface area contributed by atoms with Gasteiger partial charge >= 0.3 is 0 Å². The molecule has 1 aliphatic heterocycles. The standard InChI is InChI=1S/C19H26N4O4S/c1-3-27-17-6-4-16(5-7-17)21-18(24)12-22-13-19(20-14-22)28(25,26)23-10-8-15(2)9-11-23/h4-7,13-15H,3,8-12H2,1-2H3,(H,21,24). The number of hydrogen-bond acceptors (Lipinski definition) is 5. The van der Waals surface area contributed by atoms with Gasteiger partial charge in [-0.1, -0.05) is 6.92 Å². The number of nitrogens with one attached hydrogen (secondary N) is 1. The highest BCUT2D eigenvalue weighted by molar-refractivity contribution is 7.89. The Balaban J connectivity index is 1.60. The third kappa shape index (κ3) is 4.90. The van der Waals surface area contributed by atoms with Gasteiger partial charge in [-0.15, -0.1) is 0 Å². The Morgan fingerprint density at radius 2 is 1.93 bits per heavy atom. The lowest BCUT2D eigenvalue weighted by molar-refractivity contribution is -0.116. The maximum atomic E-state index is 12.7. The number of piperidine rings is 1. The summed E-state index contributed by atoms with van der Waals surface area (Å²) in [5.41, 5.74) is 0.642. The molecule has 1 amide bonds. The van der Waals surface area contributed by atoms with Gasteiger partial charge in [-0.2, -0.15) is 4.31 Å². The zero-order chi connectivity index (χ0) is 20.1. The summed E-state index contributed by atoms with van der Waals surface area (Å²) >= 11 is 0. The van der Waals surface area contributed by atoms with Gasteiger partial charge in [0.15, 0.2) is 5.03 Å². The summed E-state index contributed by atoms with van der Waals surface area (Å²) in [6.45, 7) is 5.60. The molecule has 0 radical (unpaired) electrons. The Kier molecular flexibility index (Phi) is 6.35. The van der Waals surface area contributed by atoms with E-state index in [1.807, 2.05) is 6.92 Å². The minimum Gasteiger partial charge on any atom is -0.494 e. The highest BCUT2D eigenvalue weighted by Gasteiger charge is 2.29. The Hall–Kier alpha value is -2.39. The Labute approximate surface area is 165 Å². The Bertz CT molecular complexity index is 900. The van der Waals surface area contributed by atoms with E-state index in [1.54, 1.807) is 24.3 Å². The summed E-state index contributed by atoms with van der Waals surface area (Å²) in [6.07, 6.45) is 4.48. The zero-order valence-corrected chi connectivity index (χ0v) is 17.0. The number of anilines is 1. The first-order chi connectivity index (χ1) is 13.4. The second-order valence-electron chi connectivity index (χ2n) is 6.98. The number of sulfonamides is 1. The van der Waals surface area contributed by atoms with Crippen molar-refractivity contribution in [3.63, 3.8) is 0 Å². The molecule has 0 bridgehead atoms. The molecule has 2 aromatic rings. The third-order valence-corrected chi connectivity index (χ3v) is 6.52. The number of benzene rings is 1. The maximum absolute atomic E-state index is 12.7. The van der Waals surface area contributed by atoms with Gasteiger partial charge in [-0.25, -0.2) is 13.4 Å². The van der Waals surface area contributed by atoms with Crippen molar-refractivity contribution in [3.05, 3.63) is 36.8 Å². The van der Waals surface area contributed by atoms with E-state index in [-0.39, 0.29) is 17.5 Å². The number of nitrogens with zero attached hydrogens (tertiary/aromatic N) is 3. The molecular weight excluding hydrogens is 380 g/mol. The average Bonchev–Trinajstić information content (AvgIpc) is 3.13. The first-order valence-corrected chi connectivity index (χ1v) is 10.9. The number of hydrogen-bond donors (Lipinski definition) is 1. The van der Waals surface area contributed by atoms with Crippen LogP contribution in [0.3, 0.4) is 0 Å². The lowest BCUT2D eigenvalue weighted by atomic mass is 10.0. The zero-order valence-electron chi connectivity index (χ0n) is 16.2. The van der Waals surface area contributed by atoms with Crippen LogP contribution in [0.2, 0.25) is 0 Å². The van der Waals surface area contributed by atoms with Crippen molar-refractivity contribution in [1.82, 2.24) is 13.9 Å². The molecule has 8 nitrogen and oxygen atoms in total. The van der Waals surface area contributed by atoms with Gasteiger partial charge in [0.2, 0.25) is 5.91 Å². The van der Waals surface area contributed by atoms with Crippen molar-refractivity contribution in [2.45, 2.75) is 38.3 Å². The predicted molar refractivity (Wildman–Crippen MR) is 106 cm³/mol. The largest absolute Gasteiger partial charge is 0.494 e. The van der Waals surface area contributed by atoms with E-state index < -0.39 is 10.0 Å². The van der Waals surface area contributed by atoms with Gasteiger partial charge in [-0.3, -0.25) is 4.79 Å². The van der Waals surface area contributed by atoms with Gasteiger partial charge in [0.25, 0.3) is 10.0 Å². The van der Waals surface area contributed by atoms with Gasteiger partial charge in [-0.05, 0) is 49.9 Å². The average molecular weight is 407 g/mol. The molecule has 1 aromatic carbocycles. The molecule has 0 aliphatic carbocycles. The van der Waals surface area contributed by atoms with Crippen LogP contribution in [0.15, 0.2) is 41.8 Å². The number of carbonyl (C=O) groups excluding carboxylic acids is 1. The fourth-order valence-corrected chi connectivity index (χ4v) is 4.49.